The van der Waals surface area contributed by atoms with Gasteiger partial charge in [-0.15, -0.1) is 0 Å². The molecule has 2 aromatic carbocycles. The molecule has 3 rings (SSSR count). The highest BCUT2D eigenvalue weighted by atomic mass is 35.5. The monoisotopic (exact) mass is 528 g/mol. The third kappa shape index (κ3) is 5.88. The molecule has 0 atom stereocenters. The number of halogens is 1. The summed E-state index contributed by atoms with van der Waals surface area (Å²) in [5, 5.41) is 7.40. The van der Waals surface area contributed by atoms with E-state index in [1.54, 1.807) is 12.1 Å². The second kappa shape index (κ2) is 11.7. The third-order valence-electron chi connectivity index (χ3n) is 4.90. The van der Waals surface area contributed by atoms with Crippen molar-refractivity contribution in [2.45, 2.75) is 4.90 Å². The summed E-state index contributed by atoms with van der Waals surface area (Å²) in [7, 11) is 0.864. The van der Waals surface area contributed by atoms with Gasteiger partial charge < -0.3 is 24.3 Å². The van der Waals surface area contributed by atoms with Gasteiger partial charge in [0.25, 0.3) is 0 Å². The molecule has 1 fully saturated rings. The minimum Gasteiger partial charge on any atom is -0.493 e. The first-order valence-corrected chi connectivity index (χ1v) is 12.3. The van der Waals surface area contributed by atoms with Gasteiger partial charge in [-0.05, 0) is 42.5 Å². The highest BCUT2D eigenvalue weighted by Crippen LogP contribution is 2.39. The molecule has 10 nitrogen and oxygen atoms in total. The summed E-state index contributed by atoms with van der Waals surface area (Å²) in [6, 6.07) is 7.86. The van der Waals surface area contributed by atoms with Crippen LogP contribution in [0.3, 0.4) is 0 Å². The summed E-state index contributed by atoms with van der Waals surface area (Å²) in [4.78, 5) is 0.0997. The number of nitrogens with one attached hydrogen (secondary N) is 2. The Balaban J connectivity index is 1.72. The minimum atomic E-state index is -3.68. The van der Waals surface area contributed by atoms with E-state index in [0.717, 1.165) is 0 Å². The molecule has 2 aromatic rings. The zero-order valence-corrected chi connectivity index (χ0v) is 21.2. The van der Waals surface area contributed by atoms with Gasteiger partial charge >= 0.3 is 0 Å². The van der Waals surface area contributed by atoms with Gasteiger partial charge in [-0.25, -0.2) is 8.42 Å². The predicted octanol–water partition coefficient (Wildman–Crippen LogP) is 2.71. The lowest BCUT2D eigenvalue weighted by atomic mass is 10.2. The van der Waals surface area contributed by atoms with Crippen molar-refractivity contribution in [2.24, 2.45) is 5.10 Å². The van der Waals surface area contributed by atoms with Crippen molar-refractivity contribution < 1.29 is 27.4 Å². The molecule has 13 heteroatoms. The molecule has 0 spiro atoms. The van der Waals surface area contributed by atoms with E-state index < -0.39 is 10.0 Å². The molecule has 1 aliphatic heterocycles. The second-order valence-electron chi connectivity index (χ2n) is 6.91. The van der Waals surface area contributed by atoms with Gasteiger partial charge in [0.2, 0.25) is 15.8 Å². The Hall–Kier alpha value is -2.64. The summed E-state index contributed by atoms with van der Waals surface area (Å²) < 4.78 is 48.5. The number of nitrogens with zero attached hydrogens (tertiary/aromatic N) is 2. The van der Waals surface area contributed by atoms with Crippen LogP contribution in [0.15, 0.2) is 40.3 Å². The van der Waals surface area contributed by atoms with E-state index in [9.17, 15) is 8.42 Å². The lowest BCUT2D eigenvalue weighted by Gasteiger charge is -2.26. The molecule has 0 aromatic heterocycles. The first-order chi connectivity index (χ1) is 16.3. The molecule has 34 heavy (non-hydrogen) atoms. The molecular weight excluding hydrogens is 504 g/mol. The molecule has 184 valence electrons. The van der Waals surface area contributed by atoms with Gasteiger partial charge in [0.15, 0.2) is 16.6 Å². The Labute approximate surface area is 208 Å². The van der Waals surface area contributed by atoms with Crippen molar-refractivity contribution in [1.82, 2.24) is 9.73 Å². The number of anilines is 1. The zero-order chi connectivity index (χ0) is 24.7. The number of thiocarbonyl (C=S) groups is 1. The summed E-state index contributed by atoms with van der Waals surface area (Å²) >= 11 is 11.5. The molecule has 0 amide bonds. The highest BCUT2D eigenvalue weighted by molar-refractivity contribution is 7.89. The van der Waals surface area contributed by atoms with Crippen LogP contribution in [0.5, 0.6) is 17.2 Å². The Morgan fingerprint density at radius 3 is 2.47 bits per heavy atom. The van der Waals surface area contributed by atoms with Gasteiger partial charge in [0.05, 0.1) is 56.4 Å². The van der Waals surface area contributed by atoms with Crippen LogP contribution in [0.25, 0.3) is 0 Å². The molecule has 0 unspecified atom stereocenters. The van der Waals surface area contributed by atoms with Crippen molar-refractivity contribution >= 4 is 50.9 Å². The first-order valence-electron chi connectivity index (χ1n) is 10.1. The van der Waals surface area contributed by atoms with Crippen LogP contribution in [-0.4, -0.2) is 71.7 Å². The maximum absolute atomic E-state index is 12.9. The Morgan fingerprint density at radius 1 is 1.12 bits per heavy atom. The van der Waals surface area contributed by atoms with Crippen molar-refractivity contribution in [2.75, 3.05) is 52.9 Å². The normalized spacial score (nSPS) is 14.6. The maximum atomic E-state index is 12.9. The van der Waals surface area contributed by atoms with Crippen LogP contribution >= 0.6 is 23.8 Å². The average Bonchev–Trinajstić information content (AvgIpc) is 2.85. The number of morpholine rings is 1. The average molecular weight is 529 g/mol. The standard InChI is InChI=1S/C21H25ClN4O6S2/c1-29-18-7-4-14(19(30-2)20(18)31-3)13-23-25-21(33)24-17-12-15(5-6-16(17)22)34(27,28)26-8-10-32-11-9-26/h4-7,12-13H,8-11H2,1-3H3,(H2,24,25,33)/b23-13-. The third-order valence-corrected chi connectivity index (χ3v) is 7.32. The van der Waals surface area contributed by atoms with Gasteiger partial charge in [-0.3, -0.25) is 5.43 Å². The fourth-order valence-electron chi connectivity index (χ4n) is 3.23. The number of rotatable bonds is 8. The fraction of sp³-hybridized carbons (Fsp3) is 0.333. The predicted molar refractivity (Wildman–Crippen MR) is 134 cm³/mol. The first kappa shape index (κ1) is 26.0. The maximum Gasteiger partial charge on any atom is 0.243 e. The van der Waals surface area contributed by atoms with Gasteiger partial charge in [0, 0.05) is 18.7 Å². The largest absolute Gasteiger partial charge is 0.493 e. The molecule has 0 radical (unpaired) electrons. The summed E-state index contributed by atoms with van der Waals surface area (Å²) in [6.07, 6.45) is 1.50. The summed E-state index contributed by atoms with van der Waals surface area (Å²) in [5.74, 6) is 1.39. The lowest BCUT2D eigenvalue weighted by Crippen LogP contribution is -2.40. The number of hydrogen-bond acceptors (Lipinski definition) is 8. The number of hydrogen-bond donors (Lipinski definition) is 2. The smallest absolute Gasteiger partial charge is 0.243 e. The van der Waals surface area contributed by atoms with E-state index in [-0.39, 0.29) is 10.0 Å². The van der Waals surface area contributed by atoms with Crippen LogP contribution in [0.4, 0.5) is 5.69 Å². The Morgan fingerprint density at radius 2 is 1.82 bits per heavy atom. The van der Waals surface area contributed by atoms with E-state index in [1.807, 2.05) is 0 Å². The van der Waals surface area contributed by atoms with Crippen LogP contribution in [-0.2, 0) is 14.8 Å². The van der Waals surface area contributed by atoms with Crippen molar-refractivity contribution in [1.29, 1.82) is 0 Å². The molecule has 0 bridgehead atoms. The topological polar surface area (TPSA) is 111 Å². The molecule has 1 aliphatic rings. The fourth-order valence-corrected chi connectivity index (χ4v) is 5.00. The number of ether oxygens (including phenoxy) is 4. The number of sulfonamides is 1. The minimum absolute atomic E-state index is 0.0997. The molecule has 0 saturated carbocycles. The lowest BCUT2D eigenvalue weighted by molar-refractivity contribution is 0.0730. The van der Waals surface area contributed by atoms with Gasteiger partial charge in [-0.1, -0.05) is 11.6 Å². The molecule has 2 N–H and O–H groups in total. The van der Waals surface area contributed by atoms with Gasteiger partial charge in [0.1, 0.15) is 0 Å². The van der Waals surface area contributed by atoms with E-state index in [0.29, 0.717) is 59.8 Å². The molecular formula is C21H25ClN4O6S2. The Kier molecular flexibility index (Phi) is 8.91. The van der Waals surface area contributed by atoms with E-state index in [2.05, 4.69) is 15.8 Å². The van der Waals surface area contributed by atoms with Crippen molar-refractivity contribution in [3.8, 4) is 17.2 Å². The van der Waals surface area contributed by atoms with E-state index in [4.69, 9.17) is 42.8 Å². The highest BCUT2D eigenvalue weighted by Gasteiger charge is 2.27. The number of methoxy groups -OCH3 is 3. The molecule has 1 saturated heterocycles. The van der Waals surface area contributed by atoms with Crippen LogP contribution in [0.2, 0.25) is 5.02 Å². The van der Waals surface area contributed by atoms with Crippen LogP contribution < -0.4 is 25.0 Å². The summed E-state index contributed by atoms with van der Waals surface area (Å²) in [6.45, 7) is 1.30. The second-order valence-corrected chi connectivity index (χ2v) is 9.66. The molecule has 0 aliphatic carbocycles. The van der Waals surface area contributed by atoms with Crippen LogP contribution in [0, 0.1) is 0 Å². The van der Waals surface area contributed by atoms with Gasteiger partial charge in [-0.2, -0.15) is 9.41 Å². The SMILES string of the molecule is COc1ccc(/C=N\NC(=S)Nc2cc(S(=O)(=O)N3CCOCC3)ccc2Cl)c(OC)c1OC. The Bertz CT molecular complexity index is 1170. The van der Waals surface area contributed by atoms with Crippen molar-refractivity contribution in [3.05, 3.63) is 40.9 Å². The quantitative estimate of drug-likeness (QED) is 0.303. The number of hydrazone groups is 1. The van der Waals surface area contributed by atoms with E-state index >= 15 is 0 Å². The number of benzene rings is 2. The molecule has 1 heterocycles. The van der Waals surface area contributed by atoms with E-state index in [1.165, 1.54) is 50.0 Å². The zero-order valence-electron chi connectivity index (χ0n) is 18.8. The van der Waals surface area contributed by atoms with Crippen molar-refractivity contribution in [3.63, 3.8) is 0 Å². The van der Waals surface area contributed by atoms with Crippen LogP contribution in [0.1, 0.15) is 5.56 Å². The summed E-state index contributed by atoms with van der Waals surface area (Å²) in [5.41, 5.74) is 3.62.